The lowest BCUT2D eigenvalue weighted by molar-refractivity contribution is 0.0240. The summed E-state index contributed by atoms with van der Waals surface area (Å²) in [4.78, 5) is 28.1. The van der Waals surface area contributed by atoms with Crippen LogP contribution in [0.1, 0.15) is 20.8 Å². The Kier molecular flexibility index (Phi) is 6.90. The molecular formula is C22H26ClFN4O3. The molecule has 0 bridgehead atoms. The van der Waals surface area contributed by atoms with E-state index in [9.17, 15) is 14.0 Å². The fourth-order valence-electron chi connectivity index (χ4n) is 3.14. The SMILES string of the molecule is CC(C)(C)OC(=O)N1CCN(c2ccc(NC(=O)Nc3ccccc3F)cc2Cl)CC1. The average Bonchev–Trinajstić information content (AvgIpc) is 2.69. The van der Waals surface area contributed by atoms with Gasteiger partial charge in [-0.3, -0.25) is 0 Å². The maximum absolute atomic E-state index is 13.7. The quantitative estimate of drug-likeness (QED) is 0.678. The van der Waals surface area contributed by atoms with E-state index in [-0.39, 0.29) is 11.8 Å². The molecule has 1 heterocycles. The fraction of sp³-hybridized carbons (Fsp3) is 0.364. The van der Waals surface area contributed by atoms with Crippen LogP contribution in [-0.2, 0) is 4.74 Å². The third kappa shape index (κ3) is 6.24. The minimum atomic E-state index is -0.570. The molecule has 9 heteroatoms. The van der Waals surface area contributed by atoms with Crippen molar-refractivity contribution in [2.24, 2.45) is 0 Å². The number of para-hydroxylation sites is 1. The number of piperazine rings is 1. The highest BCUT2D eigenvalue weighted by atomic mass is 35.5. The van der Waals surface area contributed by atoms with Crippen LogP contribution < -0.4 is 15.5 Å². The zero-order chi connectivity index (χ0) is 22.6. The second kappa shape index (κ2) is 9.43. The number of nitrogens with one attached hydrogen (secondary N) is 2. The average molecular weight is 449 g/mol. The summed E-state index contributed by atoms with van der Waals surface area (Å²) in [6.45, 7) is 7.79. The standard InChI is InChI=1S/C22H26ClFN4O3/c1-22(2,3)31-21(30)28-12-10-27(11-13-28)19-9-8-15(14-16(19)23)25-20(29)26-18-7-5-4-6-17(18)24/h4-9,14H,10-13H2,1-3H3,(H2,25,26,29). The first-order chi connectivity index (χ1) is 14.6. The summed E-state index contributed by atoms with van der Waals surface area (Å²) < 4.78 is 19.1. The number of hydrogen-bond donors (Lipinski definition) is 2. The highest BCUT2D eigenvalue weighted by Gasteiger charge is 2.26. The van der Waals surface area contributed by atoms with Gasteiger partial charge in [0.2, 0.25) is 0 Å². The van der Waals surface area contributed by atoms with E-state index >= 15 is 0 Å². The largest absolute Gasteiger partial charge is 0.444 e. The van der Waals surface area contributed by atoms with Crippen LogP contribution in [0.5, 0.6) is 0 Å². The zero-order valence-electron chi connectivity index (χ0n) is 17.7. The molecule has 0 saturated carbocycles. The van der Waals surface area contributed by atoms with Crippen LogP contribution in [0.4, 0.5) is 31.0 Å². The van der Waals surface area contributed by atoms with Gasteiger partial charge < -0.3 is 25.2 Å². The first-order valence-corrected chi connectivity index (χ1v) is 10.3. The maximum Gasteiger partial charge on any atom is 0.410 e. The van der Waals surface area contributed by atoms with Crippen molar-refractivity contribution >= 4 is 40.8 Å². The minimum Gasteiger partial charge on any atom is -0.444 e. The van der Waals surface area contributed by atoms with Crippen molar-refractivity contribution in [3.8, 4) is 0 Å². The number of rotatable bonds is 3. The van der Waals surface area contributed by atoms with Gasteiger partial charge in [-0.1, -0.05) is 23.7 Å². The molecule has 7 nitrogen and oxygen atoms in total. The molecule has 1 saturated heterocycles. The number of ether oxygens (including phenoxy) is 1. The van der Waals surface area contributed by atoms with Gasteiger partial charge in [0.05, 0.1) is 16.4 Å². The number of nitrogens with zero attached hydrogens (tertiary/aromatic N) is 2. The number of carbonyl (C=O) groups excluding carboxylic acids is 2. The highest BCUT2D eigenvalue weighted by Crippen LogP contribution is 2.30. The minimum absolute atomic E-state index is 0.0885. The van der Waals surface area contributed by atoms with Crippen molar-refractivity contribution < 1.29 is 18.7 Å². The monoisotopic (exact) mass is 448 g/mol. The predicted molar refractivity (Wildman–Crippen MR) is 121 cm³/mol. The third-order valence-electron chi connectivity index (χ3n) is 4.60. The van der Waals surface area contributed by atoms with E-state index in [1.807, 2.05) is 26.8 Å². The predicted octanol–water partition coefficient (Wildman–Crippen LogP) is 5.18. The summed E-state index contributed by atoms with van der Waals surface area (Å²) in [6, 6.07) is 10.5. The fourth-order valence-corrected chi connectivity index (χ4v) is 3.44. The van der Waals surface area contributed by atoms with Crippen molar-refractivity contribution in [1.29, 1.82) is 0 Å². The van der Waals surface area contributed by atoms with Crippen LogP contribution in [0, 0.1) is 5.82 Å². The molecule has 0 radical (unpaired) electrons. The lowest BCUT2D eigenvalue weighted by Crippen LogP contribution is -2.50. The number of halogens is 2. The van der Waals surface area contributed by atoms with Crippen LogP contribution in [-0.4, -0.2) is 48.8 Å². The maximum atomic E-state index is 13.7. The van der Waals surface area contributed by atoms with E-state index in [4.69, 9.17) is 16.3 Å². The zero-order valence-corrected chi connectivity index (χ0v) is 18.5. The molecule has 31 heavy (non-hydrogen) atoms. The normalized spacial score (nSPS) is 14.2. The van der Waals surface area contributed by atoms with Gasteiger partial charge >= 0.3 is 12.1 Å². The van der Waals surface area contributed by atoms with Crippen molar-refractivity contribution in [2.75, 3.05) is 41.7 Å². The van der Waals surface area contributed by atoms with Crippen LogP contribution in [0.3, 0.4) is 0 Å². The topological polar surface area (TPSA) is 73.9 Å². The molecule has 1 aliphatic rings. The number of hydrogen-bond acceptors (Lipinski definition) is 4. The summed E-state index contributed by atoms with van der Waals surface area (Å²) in [5.74, 6) is -0.517. The summed E-state index contributed by atoms with van der Waals surface area (Å²) in [7, 11) is 0. The Morgan fingerprint density at radius 3 is 2.32 bits per heavy atom. The molecule has 1 fully saturated rings. The van der Waals surface area contributed by atoms with E-state index in [2.05, 4.69) is 15.5 Å². The Balaban J connectivity index is 1.57. The lowest BCUT2D eigenvalue weighted by atomic mass is 10.2. The van der Waals surface area contributed by atoms with E-state index in [1.54, 1.807) is 29.2 Å². The number of carbonyl (C=O) groups is 2. The number of anilines is 3. The molecule has 2 aromatic rings. The van der Waals surface area contributed by atoms with Crippen LogP contribution >= 0.6 is 11.6 Å². The third-order valence-corrected chi connectivity index (χ3v) is 4.90. The molecule has 3 rings (SSSR count). The molecule has 2 aromatic carbocycles. The number of urea groups is 1. The summed E-state index contributed by atoms with van der Waals surface area (Å²) in [5.41, 5.74) is 0.852. The molecule has 0 aromatic heterocycles. The van der Waals surface area contributed by atoms with E-state index in [0.29, 0.717) is 36.9 Å². The molecule has 0 spiro atoms. The molecule has 0 aliphatic carbocycles. The molecule has 3 amide bonds. The Morgan fingerprint density at radius 1 is 1.03 bits per heavy atom. The summed E-state index contributed by atoms with van der Waals surface area (Å²) in [5, 5.41) is 5.57. The van der Waals surface area contributed by atoms with Crippen molar-refractivity contribution in [3.05, 3.63) is 53.3 Å². The second-order valence-electron chi connectivity index (χ2n) is 8.18. The van der Waals surface area contributed by atoms with Gasteiger partial charge in [-0.2, -0.15) is 0 Å². The van der Waals surface area contributed by atoms with Crippen LogP contribution in [0.25, 0.3) is 0 Å². The first-order valence-electron chi connectivity index (χ1n) is 9.97. The van der Waals surface area contributed by atoms with Gasteiger partial charge in [-0.05, 0) is 51.1 Å². The van der Waals surface area contributed by atoms with Gasteiger partial charge in [-0.15, -0.1) is 0 Å². The van der Waals surface area contributed by atoms with Gasteiger partial charge in [0.1, 0.15) is 11.4 Å². The smallest absolute Gasteiger partial charge is 0.410 e. The number of benzene rings is 2. The number of amides is 3. The summed E-state index contributed by atoms with van der Waals surface area (Å²) in [6.07, 6.45) is -0.321. The van der Waals surface area contributed by atoms with E-state index in [0.717, 1.165) is 5.69 Å². The van der Waals surface area contributed by atoms with Gasteiger partial charge in [0.15, 0.2) is 0 Å². The molecule has 1 aliphatic heterocycles. The molecule has 0 atom stereocenters. The van der Waals surface area contributed by atoms with Gasteiger partial charge in [-0.25, -0.2) is 14.0 Å². The Hall–Kier alpha value is -3.00. The molecule has 166 valence electrons. The second-order valence-corrected chi connectivity index (χ2v) is 8.59. The van der Waals surface area contributed by atoms with Crippen molar-refractivity contribution in [2.45, 2.75) is 26.4 Å². The van der Waals surface area contributed by atoms with Crippen molar-refractivity contribution in [1.82, 2.24) is 4.90 Å². The summed E-state index contributed by atoms with van der Waals surface area (Å²) >= 11 is 6.44. The van der Waals surface area contributed by atoms with Crippen LogP contribution in [0.2, 0.25) is 5.02 Å². The Bertz CT molecular complexity index is 956. The first kappa shape index (κ1) is 22.7. The molecule has 2 N–H and O–H groups in total. The highest BCUT2D eigenvalue weighted by molar-refractivity contribution is 6.33. The Morgan fingerprint density at radius 2 is 1.71 bits per heavy atom. The Labute approximate surface area is 186 Å². The molecular weight excluding hydrogens is 423 g/mol. The van der Waals surface area contributed by atoms with Gasteiger partial charge in [0, 0.05) is 31.9 Å². The van der Waals surface area contributed by atoms with E-state index < -0.39 is 17.4 Å². The molecule has 0 unspecified atom stereocenters. The van der Waals surface area contributed by atoms with Crippen LogP contribution in [0.15, 0.2) is 42.5 Å². The van der Waals surface area contributed by atoms with E-state index in [1.165, 1.54) is 12.1 Å². The lowest BCUT2D eigenvalue weighted by Gasteiger charge is -2.37. The van der Waals surface area contributed by atoms with Gasteiger partial charge in [0.25, 0.3) is 0 Å². The van der Waals surface area contributed by atoms with Crippen molar-refractivity contribution in [3.63, 3.8) is 0 Å².